The van der Waals surface area contributed by atoms with Crippen molar-refractivity contribution in [1.82, 2.24) is 0 Å². The van der Waals surface area contributed by atoms with E-state index in [1.807, 2.05) is 26.0 Å². The van der Waals surface area contributed by atoms with Gasteiger partial charge in [-0.3, -0.25) is 0 Å². The van der Waals surface area contributed by atoms with Crippen LogP contribution in [0.3, 0.4) is 0 Å². The van der Waals surface area contributed by atoms with Gasteiger partial charge in [0.05, 0.1) is 0 Å². The van der Waals surface area contributed by atoms with E-state index in [0.717, 1.165) is 11.1 Å². The fourth-order valence-corrected chi connectivity index (χ4v) is 1.64. The summed E-state index contributed by atoms with van der Waals surface area (Å²) in [6.45, 7) is -1.03. The minimum Gasteiger partial charge on any atom is -0.448 e. The third-order valence-corrected chi connectivity index (χ3v) is 2.24. The Labute approximate surface area is 137 Å². The Bertz CT molecular complexity index is 354. The molecule has 0 saturated heterocycles. The number of halogens is 3. The van der Waals surface area contributed by atoms with Crippen LogP contribution in [-0.2, 0) is 0 Å². The first-order chi connectivity index (χ1) is 6.79. The van der Waals surface area contributed by atoms with Crippen LogP contribution in [0.2, 0.25) is 0 Å². The second-order valence-corrected chi connectivity index (χ2v) is 3.88. The molecule has 0 atom stereocenters. The zero-order valence-electron chi connectivity index (χ0n) is 10.1. The number of hydrogen-bond donors (Lipinski definition) is 0. The molecule has 0 spiro atoms. The van der Waals surface area contributed by atoms with Crippen molar-refractivity contribution in [3.63, 3.8) is 0 Å². The molecule has 0 aliphatic rings. The second-order valence-electron chi connectivity index (χ2n) is 3.88. The first-order valence-electron chi connectivity index (χ1n) is 4.79. The molecule has 0 radical (unpaired) electrons. The molecular formula is C10H14BF3KN. The molecule has 0 aliphatic carbocycles. The Morgan fingerprint density at radius 1 is 1.19 bits per heavy atom. The van der Waals surface area contributed by atoms with E-state index in [1.54, 1.807) is 6.07 Å². The maximum Gasteiger partial charge on any atom is 1.00 e. The standard InChI is InChI=1S/C10H14BF3N.K/c1-8-4-5-10(9(2)6-8)15(3)7-11(12,13)14;/h4-6H,7H2,1-3H3;/q-1;+1. The summed E-state index contributed by atoms with van der Waals surface area (Å²) in [5.74, 6) is 0. The van der Waals surface area contributed by atoms with Crippen LogP contribution in [0, 0.1) is 13.8 Å². The molecule has 1 rings (SSSR count). The van der Waals surface area contributed by atoms with E-state index in [0.29, 0.717) is 5.69 Å². The predicted molar refractivity (Wildman–Crippen MR) is 58.3 cm³/mol. The summed E-state index contributed by atoms with van der Waals surface area (Å²) in [5, 5.41) is 0. The SMILES string of the molecule is Cc1ccc(N(C)C[B-](F)(F)F)c(C)c1.[K+]. The molecule has 0 saturated carbocycles. The van der Waals surface area contributed by atoms with Gasteiger partial charge in [0.15, 0.2) is 0 Å². The third kappa shape index (κ3) is 5.23. The van der Waals surface area contributed by atoms with Crippen LogP contribution >= 0.6 is 0 Å². The Balaban J connectivity index is 0.00000225. The van der Waals surface area contributed by atoms with E-state index < -0.39 is 13.4 Å². The molecule has 0 bridgehead atoms. The average molecular weight is 255 g/mol. The summed E-state index contributed by atoms with van der Waals surface area (Å²) in [6, 6.07) is 5.43. The molecule has 1 aromatic carbocycles. The van der Waals surface area contributed by atoms with Crippen LogP contribution in [-0.4, -0.2) is 20.5 Å². The minimum atomic E-state index is -4.77. The fourth-order valence-electron chi connectivity index (χ4n) is 1.64. The molecule has 16 heavy (non-hydrogen) atoms. The summed E-state index contributed by atoms with van der Waals surface area (Å²) in [5.41, 5.74) is 2.57. The van der Waals surface area contributed by atoms with Gasteiger partial charge in [-0.1, -0.05) is 17.7 Å². The van der Waals surface area contributed by atoms with Gasteiger partial charge in [0, 0.05) is 12.7 Å². The van der Waals surface area contributed by atoms with Crippen LogP contribution < -0.4 is 56.3 Å². The minimum absolute atomic E-state index is 0. The van der Waals surface area contributed by atoms with Gasteiger partial charge in [-0.15, -0.1) is 0 Å². The monoisotopic (exact) mass is 255 g/mol. The Morgan fingerprint density at radius 2 is 1.75 bits per heavy atom. The molecule has 0 amide bonds. The molecule has 0 N–H and O–H groups in total. The molecule has 0 fully saturated rings. The number of rotatable bonds is 3. The van der Waals surface area contributed by atoms with Gasteiger partial charge in [-0.2, -0.15) is 0 Å². The van der Waals surface area contributed by atoms with E-state index in [1.165, 1.54) is 11.9 Å². The average Bonchev–Trinajstić information content (AvgIpc) is 1.99. The third-order valence-electron chi connectivity index (χ3n) is 2.24. The maximum atomic E-state index is 12.2. The molecular weight excluding hydrogens is 241 g/mol. The van der Waals surface area contributed by atoms with Gasteiger partial charge < -0.3 is 17.8 Å². The van der Waals surface area contributed by atoms with Gasteiger partial charge in [0.1, 0.15) is 0 Å². The zero-order valence-corrected chi connectivity index (χ0v) is 13.2. The molecule has 0 heterocycles. The van der Waals surface area contributed by atoms with E-state index in [2.05, 4.69) is 0 Å². The zero-order chi connectivity index (χ0) is 11.6. The van der Waals surface area contributed by atoms with Crippen molar-refractivity contribution >= 4 is 12.7 Å². The van der Waals surface area contributed by atoms with Crippen molar-refractivity contribution in [2.24, 2.45) is 0 Å². The van der Waals surface area contributed by atoms with Gasteiger partial charge in [-0.05, 0) is 31.9 Å². The van der Waals surface area contributed by atoms with Crippen LogP contribution in [0.25, 0.3) is 0 Å². The fraction of sp³-hybridized carbons (Fsp3) is 0.400. The van der Waals surface area contributed by atoms with E-state index >= 15 is 0 Å². The van der Waals surface area contributed by atoms with Crippen LogP contribution in [0.5, 0.6) is 0 Å². The molecule has 1 nitrogen and oxygen atoms in total. The molecule has 0 aromatic heterocycles. The van der Waals surface area contributed by atoms with Gasteiger partial charge in [-0.25, -0.2) is 0 Å². The van der Waals surface area contributed by atoms with Crippen LogP contribution in [0.4, 0.5) is 18.6 Å². The number of benzene rings is 1. The first-order valence-corrected chi connectivity index (χ1v) is 4.79. The second kappa shape index (κ2) is 6.45. The normalized spacial score (nSPS) is 10.9. The van der Waals surface area contributed by atoms with Crippen molar-refractivity contribution in [2.75, 3.05) is 18.4 Å². The van der Waals surface area contributed by atoms with Crippen molar-refractivity contribution < 1.29 is 64.3 Å². The van der Waals surface area contributed by atoms with Gasteiger partial charge in [0.2, 0.25) is 0 Å². The Kier molecular flexibility index (Phi) is 6.65. The number of aryl methyl sites for hydroxylation is 2. The molecule has 0 aliphatic heterocycles. The summed E-state index contributed by atoms with van der Waals surface area (Å²) in [6.07, 6.45) is -0.857. The first kappa shape index (κ1) is 16.5. The van der Waals surface area contributed by atoms with Crippen molar-refractivity contribution in [1.29, 1.82) is 0 Å². The molecule has 6 heteroatoms. The molecule has 0 unspecified atom stereocenters. The van der Waals surface area contributed by atoms with E-state index in [-0.39, 0.29) is 51.4 Å². The summed E-state index contributed by atoms with van der Waals surface area (Å²) >= 11 is 0. The molecule has 1 aromatic rings. The Morgan fingerprint density at radius 3 is 2.19 bits per heavy atom. The topological polar surface area (TPSA) is 3.24 Å². The van der Waals surface area contributed by atoms with E-state index in [4.69, 9.17) is 0 Å². The van der Waals surface area contributed by atoms with Crippen LogP contribution in [0.15, 0.2) is 18.2 Å². The number of hydrogen-bond acceptors (Lipinski definition) is 1. The number of nitrogens with zero attached hydrogens (tertiary/aromatic N) is 1. The van der Waals surface area contributed by atoms with Gasteiger partial charge in [0.25, 0.3) is 0 Å². The van der Waals surface area contributed by atoms with Crippen molar-refractivity contribution in [3.8, 4) is 0 Å². The number of anilines is 1. The maximum absolute atomic E-state index is 12.2. The van der Waals surface area contributed by atoms with Crippen LogP contribution in [0.1, 0.15) is 11.1 Å². The Hall–Kier alpha value is 0.511. The predicted octanol–water partition coefficient (Wildman–Crippen LogP) is 0.130. The van der Waals surface area contributed by atoms with Crippen molar-refractivity contribution in [3.05, 3.63) is 29.3 Å². The van der Waals surface area contributed by atoms with Gasteiger partial charge >= 0.3 is 58.4 Å². The quantitative estimate of drug-likeness (QED) is 0.694. The van der Waals surface area contributed by atoms with E-state index in [9.17, 15) is 12.9 Å². The summed E-state index contributed by atoms with van der Waals surface area (Å²) in [4.78, 5) is 1.24. The molecule has 84 valence electrons. The summed E-state index contributed by atoms with van der Waals surface area (Å²) < 4.78 is 36.7. The largest absolute Gasteiger partial charge is 1.00 e. The smallest absolute Gasteiger partial charge is 0.448 e. The van der Waals surface area contributed by atoms with Crippen molar-refractivity contribution in [2.45, 2.75) is 13.8 Å². The summed E-state index contributed by atoms with van der Waals surface area (Å²) in [7, 11) is 1.47.